The van der Waals surface area contributed by atoms with Gasteiger partial charge >= 0.3 is 6.03 Å². The molecule has 0 heterocycles. The Morgan fingerprint density at radius 2 is 2.05 bits per heavy atom. The number of amides is 2. The van der Waals surface area contributed by atoms with Gasteiger partial charge in [0.25, 0.3) is 0 Å². The van der Waals surface area contributed by atoms with E-state index < -0.39 is 5.60 Å². The molecule has 0 aliphatic rings. The van der Waals surface area contributed by atoms with Gasteiger partial charge in [-0.15, -0.1) is 0 Å². The smallest absolute Gasteiger partial charge is 0.319 e. The second-order valence-electron chi connectivity index (χ2n) is 4.70. The lowest BCUT2D eigenvalue weighted by Crippen LogP contribution is -2.43. The first-order valence-electron chi connectivity index (χ1n) is 6.46. The molecule has 0 aliphatic heterocycles. The van der Waals surface area contributed by atoms with Gasteiger partial charge in [0.05, 0.1) is 12.2 Å². The van der Waals surface area contributed by atoms with Crippen LogP contribution in [0.1, 0.15) is 13.8 Å². The summed E-state index contributed by atoms with van der Waals surface area (Å²) in [5.41, 5.74) is -0.231. The summed E-state index contributed by atoms with van der Waals surface area (Å²) in [6.45, 7) is 4.43. The molecule has 0 spiro atoms. The number of aliphatic hydroxyl groups is 1. The van der Waals surface area contributed by atoms with Crippen LogP contribution in [0, 0.1) is 0 Å². The molecule has 0 bridgehead atoms. The molecule has 6 heteroatoms. The number of ether oxygens (including phenoxy) is 1. The van der Waals surface area contributed by atoms with Crippen molar-refractivity contribution in [2.45, 2.75) is 19.4 Å². The molecule has 3 N–H and O–H groups in total. The van der Waals surface area contributed by atoms with Crippen LogP contribution in [0.2, 0.25) is 0 Å². The molecule has 1 unspecified atom stereocenters. The van der Waals surface area contributed by atoms with Crippen molar-refractivity contribution >= 4 is 23.5 Å². The molecular weight excluding hydrogens is 276 g/mol. The molecule has 0 aliphatic carbocycles. The van der Waals surface area contributed by atoms with Gasteiger partial charge in [0.1, 0.15) is 5.75 Å². The maximum absolute atomic E-state index is 11.7. The monoisotopic (exact) mass is 298 g/mol. The topological polar surface area (TPSA) is 70.6 Å². The highest BCUT2D eigenvalue weighted by atomic mass is 32.2. The van der Waals surface area contributed by atoms with Crippen molar-refractivity contribution in [3.8, 4) is 5.75 Å². The van der Waals surface area contributed by atoms with E-state index in [1.54, 1.807) is 31.2 Å². The molecule has 0 saturated heterocycles. The van der Waals surface area contributed by atoms with E-state index in [-0.39, 0.29) is 12.6 Å². The molecule has 0 aromatic heterocycles. The number of carbonyl (C=O) groups excluding carboxylic acids is 1. The maximum Gasteiger partial charge on any atom is 0.319 e. The summed E-state index contributed by atoms with van der Waals surface area (Å²) in [5, 5.41) is 15.3. The fraction of sp³-hybridized carbons (Fsp3) is 0.500. The molecule has 2 amide bonds. The van der Waals surface area contributed by atoms with Crippen LogP contribution in [-0.2, 0) is 0 Å². The Kier molecular flexibility index (Phi) is 6.67. The average molecular weight is 298 g/mol. The Hall–Kier alpha value is -1.40. The Bertz CT molecular complexity index is 421. The molecule has 0 fully saturated rings. The molecule has 20 heavy (non-hydrogen) atoms. The molecule has 1 aromatic rings. The lowest BCUT2D eigenvalue weighted by atomic mass is 10.1. The van der Waals surface area contributed by atoms with Crippen LogP contribution in [0.25, 0.3) is 0 Å². The minimum atomic E-state index is -0.907. The van der Waals surface area contributed by atoms with Gasteiger partial charge in [-0.25, -0.2) is 4.79 Å². The summed E-state index contributed by atoms with van der Waals surface area (Å²) in [7, 11) is 0. The number of rotatable bonds is 7. The first-order valence-corrected chi connectivity index (χ1v) is 7.85. The maximum atomic E-state index is 11.7. The van der Waals surface area contributed by atoms with Gasteiger partial charge in [0, 0.05) is 18.0 Å². The van der Waals surface area contributed by atoms with Crippen molar-refractivity contribution in [2.24, 2.45) is 0 Å². The van der Waals surface area contributed by atoms with E-state index in [0.29, 0.717) is 18.0 Å². The molecule has 0 saturated carbocycles. The summed E-state index contributed by atoms with van der Waals surface area (Å²) < 4.78 is 5.32. The SMILES string of the molecule is CCOc1ccc(NC(=O)NCC(C)(O)CSC)cc1. The summed E-state index contributed by atoms with van der Waals surface area (Å²) in [6, 6.07) is 6.79. The largest absolute Gasteiger partial charge is 0.494 e. The van der Waals surface area contributed by atoms with E-state index in [2.05, 4.69) is 10.6 Å². The predicted octanol–water partition coefficient (Wildman–Crippen LogP) is 2.32. The van der Waals surface area contributed by atoms with Crippen molar-refractivity contribution in [1.82, 2.24) is 5.32 Å². The number of hydrogen-bond acceptors (Lipinski definition) is 4. The highest BCUT2D eigenvalue weighted by Crippen LogP contribution is 2.15. The average Bonchev–Trinajstić information content (AvgIpc) is 2.39. The number of thioether (sulfide) groups is 1. The van der Waals surface area contributed by atoms with Crippen LogP contribution in [0.15, 0.2) is 24.3 Å². The van der Waals surface area contributed by atoms with Gasteiger partial charge < -0.3 is 20.5 Å². The van der Waals surface area contributed by atoms with Gasteiger partial charge in [0.2, 0.25) is 0 Å². The van der Waals surface area contributed by atoms with Crippen LogP contribution >= 0.6 is 11.8 Å². The van der Waals surface area contributed by atoms with Crippen molar-refractivity contribution < 1.29 is 14.6 Å². The van der Waals surface area contributed by atoms with E-state index >= 15 is 0 Å². The summed E-state index contributed by atoms with van der Waals surface area (Å²) in [6.07, 6.45) is 1.91. The minimum Gasteiger partial charge on any atom is -0.494 e. The molecule has 1 rings (SSSR count). The summed E-state index contributed by atoms with van der Waals surface area (Å²) in [4.78, 5) is 11.7. The van der Waals surface area contributed by atoms with Crippen molar-refractivity contribution in [3.05, 3.63) is 24.3 Å². The zero-order chi connectivity index (χ0) is 15.0. The van der Waals surface area contributed by atoms with Crippen LogP contribution < -0.4 is 15.4 Å². The van der Waals surface area contributed by atoms with Crippen LogP contribution in [0.5, 0.6) is 5.75 Å². The standard InChI is InChI=1S/C14H22N2O3S/c1-4-19-12-7-5-11(6-8-12)16-13(17)15-9-14(2,18)10-20-3/h5-8,18H,4,9-10H2,1-3H3,(H2,15,16,17). The first-order chi connectivity index (χ1) is 9.46. The first kappa shape index (κ1) is 16.7. The number of carbonyl (C=O) groups is 1. The fourth-order valence-electron chi connectivity index (χ4n) is 1.61. The minimum absolute atomic E-state index is 0.205. The van der Waals surface area contributed by atoms with Gasteiger partial charge in [-0.3, -0.25) is 0 Å². The van der Waals surface area contributed by atoms with Gasteiger partial charge in [-0.1, -0.05) is 0 Å². The van der Waals surface area contributed by atoms with E-state index in [9.17, 15) is 9.90 Å². The van der Waals surface area contributed by atoms with E-state index in [1.165, 1.54) is 11.8 Å². The number of nitrogens with one attached hydrogen (secondary N) is 2. The zero-order valence-electron chi connectivity index (χ0n) is 12.1. The Morgan fingerprint density at radius 1 is 1.40 bits per heavy atom. The van der Waals surface area contributed by atoms with E-state index in [0.717, 1.165) is 5.75 Å². The van der Waals surface area contributed by atoms with E-state index in [4.69, 9.17) is 4.74 Å². The highest BCUT2D eigenvalue weighted by molar-refractivity contribution is 7.98. The third-order valence-electron chi connectivity index (χ3n) is 2.51. The lowest BCUT2D eigenvalue weighted by Gasteiger charge is -2.22. The number of benzene rings is 1. The second-order valence-corrected chi connectivity index (χ2v) is 5.56. The quantitative estimate of drug-likeness (QED) is 0.722. The van der Waals surface area contributed by atoms with Crippen molar-refractivity contribution in [1.29, 1.82) is 0 Å². The Balaban J connectivity index is 2.42. The molecule has 0 radical (unpaired) electrons. The van der Waals surface area contributed by atoms with Crippen LogP contribution in [-0.4, -0.2) is 41.9 Å². The molecule has 1 aromatic carbocycles. The molecule has 112 valence electrons. The molecule has 5 nitrogen and oxygen atoms in total. The Morgan fingerprint density at radius 3 is 2.60 bits per heavy atom. The third-order valence-corrected chi connectivity index (χ3v) is 3.42. The fourth-order valence-corrected chi connectivity index (χ4v) is 2.33. The van der Waals surface area contributed by atoms with Gasteiger partial charge in [0.15, 0.2) is 0 Å². The summed E-state index contributed by atoms with van der Waals surface area (Å²) >= 11 is 1.53. The molecule has 1 atom stereocenters. The number of hydrogen-bond donors (Lipinski definition) is 3. The van der Waals surface area contributed by atoms with Crippen molar-refractivity contribution in [2.75, 3.05) is 30.5 Å². The van der Waals surface area contributed by atoms with Gasteiger partial charge in [-0.2, -0.15) is 11.8 Å². The lowest BCUT2D eigenvalue weighted by molar-refractivity contribution is 0.0876. The number of urea groups is 1. The number of anilines is 1. The van der Waals surface area contributed by atoms with Gasteiger partial charge in [-0.05, 0) is 44.4 Å². The Labute approximate surface area is 124 Å². The highest BCUT2D eigenvalue weighted by Gasteiger charge is 2.20. The second kappa shape index (κ2) is 8.01. The summed E-state index contributed by atoms with van der Waals surface area (Å²) in [5.74, 6) is 1.33. The normalized spacial score (nSPS) is 13.4. The van der Waals surface area contributed by atoms with Crippen LogP contribution in [0.4, 0.5) is 10.5 Å². The zero-order valence-corrected chi connectivity index (χ0v) is 12.9. The van der Waals surface area contributed by atoms with Crippen molar-refractivity contribution in [3.63, 3.8) is 0 Å². The predicted molar refractivity (Wildman–Crippen MR) is 83.6 cm³/mol. The van der Waals surface area contributed by atoms with Crippen LogP contribution in [0.3, 0.4) is 0 Å². The molecular formula is C14H22N2O3S. The van der Waals surface area contributed by atoms with E-state index in [1.807, 2.05) is 13.2 Å². The third kappa shape index (κ3) is 6.16.